The molecule has 0 atom stereocenters. The van der Waals surface area contributed by atoms with E-state index in [1.54, 1.807) is 30.6 Å². The third kappa shape index (κ3) is 4.17. The van der Waals surface area contributed by atoms with Crippen molar-refractivity contribution in [3.63, 3.8) is 0 Å². The number of carbonyl (C=O) groups is 2. The summed E-state index contributed by atoms with van der Waals surface area (Å²) in [6.07, 6.45) is 3.14. The van der Waals surface area contributed by atoms with Crippen molar-refractivity contribution in [1.82, 2.24) is 0 Å². The van der Waals surface area contributed by atoms with Gasteiger partial charge in [-0.3, -0.25) is 0 Å². The Hall–Kier alpha value is -1.69. The number of benzene rings is 1. The number of aromatic carboxylic acids is 1. The van der Waals surface area contributed by atoms with Gasteiger partial charge in [0.1, 0.15) is 0 Å². The van der Waals surface area contributed by atoms with Crippen LogP contribution < -0.4 is 39.1 Å². The largest absolute Gasteiger partial charge is 1.00 e. The average Bonchev–Trinajstić information content (AvgIpc) is 2.40. The summed E-state index contributed by atoms with van der Waals surface area (Å²) in [6.45, 7) is 0. The number of aromatic nitrogens is 1. The first kappa shape index (κ1) is 15.4. The van der Waals surface area contributed by atoms with Crippen molar-refractivity contribution in [2.24, 2.45) is 0 Å². The van der Waals surface area contributed by atoms with Crippen LogP contribution in [0.3, 0.4) is 0 Å². The van der Waals surface area contributed by atoms with Crippen LogP contribution in [0.1, 0.15) is 22.1 Å². The molecule has 1 aromatic carbocycles. The average molecular weight is 268 g/mol. The predicted molar refractivity (Wildman–Crippen MR) is 62.1 cm³/mol. The molecule has 6 heteroatoms. The fourth-order valence-corrected chi connectivity index (χ4v) is 1.37. The predicted octanol–water partition coefficient (Wildman–Crippen LogP) is -1.94. The first-order valence-corrected chi connectivity index (χ1v) is 5.19. The van der Waals surface area contributed by atoms with Crippen LogP contribution in [0.2, 0.25) is 0 Å². The van der Waals surface area contributed by atoms with E-state index in [9.17, 15) is 9.59 Å². The van der Waals surface area contributed by atoms with Gasteiger partial charge in [-0.15, -0.1) is 0 Å². The maximum atomic E-state index is 11.8. The molecule has 0 unspecified atom stereocenters. The molecular formula is C13H11NNaO4+. The molecule has 92 valence electrons. The summed E-state index contributed by atoms with van der Waals surface area (Å²) in [5, 5.41) is 8.82. The summed E-state index contributed by atoms with van der Waals surface area (Å²) in [5.74, 6) is -1.70. The molecule has 0 bridgehead atoms. The molecule has 2 aromatic rings. The van der Waals surface area contributed by atoms with Crippen LogP contribution >= 0.6 is 0 Å². The summed E-state index contributed by atoms with van der Waals surface area (Å²) < 4.78 is 1.25. The van der Waals surface area contributed by atoms with Crippen LogP contribution in [-0.2, 0) is 0 Å². The van der Waals surface area contributed by atoms with Gasteiger partial charge >= 0.3 is 41.5 Å². The van der Waals surface area contributed by atoms with E-state index >= 15 is 0 Å². The Balaban J connectivity index is 0.00000180. The van der Waals surface area contributed by atoms with Crippen LogP contribution in [0.5, 0.6) is 0 Å². The molecule has 1 aromatic heterocycles. The number of rotatable bonds is 3. The van der Waals surface area contributed by atoms with E-state index in [4.69, 9.17) is 9.94 Å². The van der Waals surface area contributed by atoms with Crippen LogP contribution in [0, 0.1) is 0 Å². The van der Waals surface area contributed by atoms with Crippen molar-refractivity contribution in [2.45, 2.75) is 0 Å². The molecule has 0 spiro atoms. The smallest absolute Gasteiger partial charge is 1.00 e. The van der Waals surface area contributed by atoms with E-state index in [1.165, 1.54) is 29.0 Å². The molecule has 0 radical (unpaired) electrons. The minimum atomic E-state index is -1.09. The molecular weight excluding hydrogens is 257 g/mol. The van der Waals surface area contributed by atoms with Crippen LogP contribution in [0.4, 0.5) is 0 Å². The van der Waals surface area contributed by atoms with E-state index in [-0.39, 0.29) is 42.1 Å². The fraction of sp³-hybridized carbons (Fsp3) is 0. The molecule has 0 fully saturated rings. The number of carbonyl (C=O) groups excluding carboxylic acids is 1. The monoisotopic (exact) mass is 268 g/mol. The molecule has 5 nitrogen and oxygen atoms in total. The maximum absolute atomic E-state index is 11.8. The molecule has 1 heterocycles. The number of hydrogen-bond donors (Lipinski definition) is 1. The SMILES string of the molecule is O=C(O)c1cccc(C(=O)O[n+]2ccccc2)c1.[H-].[Na+]. The molecule has 0 saturated heterocycles. The van der Waals surface area contributed by atoms with E-state index in [2.05, 4.69) is 0 Å². The molecule has 0 amide bonds. The Morgan fingerprint density at radius 3 is 2.32 bits per heavy atom. The van der Waals surface area contributed by atoms with Gasteiger partial charge in [-0.05, 0) is 18.2 Å². The quantitative estimate of drug-likeness (QED) is 0.519. The fourth-order valence-electron chi connectivity index (χ4n) is 1.37. The van der Waals surface area contributed by atoms with E-state index < -0.39 is 11.9 Å². The van der Waals surface area contributed by atoms with Crippen molar-refractivity contribution in [2.75, 3.05) is 0 Å². The van der Waals surface area contributed by atoms with Gasteiger partial charge in [-0.25, -0.2) is 9.59 Å². The van der Waals surface area contributed by atoms with Crippen LogP contribution in [-0.4, -0.2) is 17.0 Å². The zero-order chi connectivity index (χ0) is 13.0. The topological polar surface area (TPSA) is 67.5 Å². The summed E-state index contributed by atoms with van der Waals surface area (Å²) in [4.78, 5) is 27.5. The third-order valence-corrected chi connectivity index (χ3v) is 2.22. The number of carboxylic acids is 1. The van der Waals surface area contributed by atoms with Crippen molar-refractivity contribution in [3.8, 4) is 0 Å². The van der Waals surface area contributed by atoms with Crippen molar-refractivity contribution < 1.29 is 55.2 Å². The van der Waals surface area contributed by atoms with Crippen molar-refractivity contribution >= 4 is 11.9 Å². The van der Waals surface area contributed by atoms with E-state index in [0.717, 1.165) is 0 Å². The van der Waals surface area contributed by atoms with E-state index in [0.29, 0.717) is 0 Å². The van der Waals surface area contributed by atoms with Crippen LogP contribution in [0.15, 0.2) is 54.9 Å². The molecule has 0 aliphatic carbocycles. The summed E-state index contributed by atoms with van der Waals surface area (Å²) in [7, 11) is 0. The van der Waals surface area contributed by atoms with Gasteiger partial charge in [0.25, 0.3) is 0 Å². The zero-order valence-corrected chi connectivity index (χ0v) is 12.3. The Labute approximate surface area is 133 Å². The zero-order valence-electron chi connectivity index (χ0n) is 11.3. The number of hydrogen-bond acceptors (Lipinski definition) is 3. The Bertz CT molecular complexity index is 592. The molecule has 0 saturated carbocycles. The molecule has 2 rings (SSSR count). The van der Waals surface area contributed by atoms with Gasteiger partial charge < -0.3 is 6.53 Å². The van der Waals surface area contributed by atoms with E-state index in [1.807, 2.05) is 0 Å². The third-order valence-electron chi connectivity index (χ3n) is 2.22. The summed E-state index contributed by atoms with van der Waals surface area (Å²) >= 11 is 0. The normalized spacial score (nSPS) is 9.26. The van der Waals surface area contributed by atoms with Crippen molar-refractivity contribution in [1.29, 1.82) is 0 Å². The maximum Gasteiger partial charge on any atom is 1.00 e. The van der Waals surface area contributed by atoms with Gasteiger partial charge in [0.2, 0.25) is 12.4 Å². The minimum absolute atomic E-state index is 0. The van der Waals surface area contributed by atoms with Crippen LogP contribution in [0.25, 0.3) is 0 Å². The summed E-state index contributed by atoms with van der Waals surface area (Å²) in [6, 6.07) is 10.9. The van der Waals surface area contributed by atoms with Gasteiger partial charge in [-0.2, -0.15) is 4.84 Å². The second kappa shape index (κ2) is 7.04. The molecule has 0 aliphatic rings. The van der Waals surface area contributed by atoms with Gasteiger partial charge in [0.05, 0.1) is 11.1 Å². The van der Waals surface area contributed by atoms with Gasteiger partial charge in [0, 0.05) is 16.9 Å². The van der Waals surface area contributed by atoms with Crippen molar-refractivity contribution in [3.05, 3.63) is 66.0 Å². The Morgan fingerprint density at radius 1 is 1.05 bits per heavy atom. The second-order valence-electron chi connectivity index (χ2n) is 3.50. The molecule has 0 aliphatic heterocycles. The number of nitrogens with zero attached hydrogens (tertiary/aromatic N) is 1. The minimum Gasteiger partial charge on any atom is -1.00 e. The standard InChI is InChI=1S/C13H9NO4.Na.H/c15-12(16)10-5-4-6-11(9-10)13(17)18-14-7-2-1-3-8-14;;/h1-9H;;/q;+1;-1/p+1. The Kier molecular flexibility index (Phi) is 5.69. The first-order chi connectivity index (χ1) is 8.66. The second-order valence-corrected chi connectivity index (χ2v) is 3.50. The molecule has 19 heavy (non-hydrogen) atoms. The van der Waals surface area contributed by atoms with Gasteiger partial charge in [-0.1, -0.05) is 12.1 Å². The van der Waals surface area contributed by atoms with Gasteiger partial charge in [0.15, 0.2) is 0 Å². The summed E-state index contributed by atoms with van der Waals surface area (Å²) in [5.41, 5.74) is 0.230. The molecule has 1 N–H and O–H groups in total. The number of pyridine rings is 1. The Morgan fingerprint density at radius 2 is 1.68 bits per heavy atom. The number of carboxylic acid groups (broad SMARTS) is 1. The first-order valence-electron chi connectivity index (χ1n) is 5.19.